The van der Waals surface area contributed by atoms with Gasteiger partial charge in [0.2, 0.25) is 0 Å². The number of aliphatic hydroxyl groups excluding tert-OH is 3. The third kappa shape index (κ3) is 28.0. The van der Waals surface area contributed by atoms with Crippen LogP contribution in [0.2, 0.25) is 0 Å². The Morgan fingerprint density at radius 2 is 1.19 bits per heavy atom. The number of unbranched alkanes of at least 4 members (excludes halogenated alkanes) is 1. The van der Waals surface area contributed by atoms with Gasteiger partial charge in [0.25, 0.3) is 0 Å². The van der Waals surface area contributed by atoms with E-state index in [1.807, 2.05) is 92.7 Å². The summed E-state index contributed by atoms with van der Waals surface area (Å²) in [5.74, 6) is 11.3. The van der Waals surface area contributed by atoms with E-state index in [4.69, 9.17) is 52.9 Å². The van der Waals surface area contributed by atoms with Crippen LogP contribution in [0.15, 0.2) is 97.1 Å². The summed E-state index contributed by atoms with van der Waals surface area (Å²) < 4.78 is 66.5. The van der Waals surface area contributed by atoms with Gasteiger partial charge in [0, 0.05) is 24.7 Å². The lowest BCUT2D eigenvalue weighted by atomic mass is 10.1. The van der Waals surface area contributed by atoms with Gasteiger partial charge in [0.05, 0.1) is 32.5 Å². The fourth-order valence-corrected chi connectivity index (χ4v) is 4.80. The first-order chi connectivity index (χ1) is 31.7. The number of para-hydroxylation sites is 4. The molecule has 10 nitrogen and oxygen atoms in total. The van der Waals surface area contributed by atoms with Crippen molar-refractivity contribution in [2.24, 2.45) is 0 Å². The number of hydrogen-bond acceptors (Lipinski definition) is 10. The zero-order valence-electron chi connectivity index (χ0n) is 42.0. The third-order valence-corrected chi connectivity index (χ3v) is 8.33. The van der Waals surface area contributed by atoms with E-state index >= 15 is 0 Å². The van der Waals surface area contributed by atoms with Crippen LogP contribution in [-0.4, -0.2) is 79.4 Å². The SMILES string of the molecule is C#CCC.CCC#Cc1ccccc1OCCO.CCCCc1ccccc1OCCO.O=C1OCCO1.OCCOc1ccccc1I.Oc1ccccc1I.[3H-].[3H][3H].[3H][3H].[3H][3H].[3H][3H]. The highest BCUT2D eigenvalue weighted by atomic mass is 127. The number of rotatable bonds is 12. The number of terminal acetylenes is 1. The molecule has 12 heteroatoms. The van der Waals surface area contributed by atoms with E-state index in [1.165, 1.54) is 18.4 Å². The van der Waals surface area contributed by atoms with Crippen molar-refractivity contribution >= 4 is 51.3 Å². The van der Waals surface area contributed by atoms with Crippen LogP contribution < -0.4 is 14.2 Å². The number of aliphatic hydroxyl groups is 3. The lowest BCUT2D eigenvalue weighted by Gasteiger charge is -2.09. The number of aromatic hydroxyl groups is 1. The summed E-state index contributed by atoms with van der Waals surface area (Å²) >= 11 is 4.27. The first kappa shape index (κ1) is 45.5. The van der Waals surface area contributed by atoms with E-state index < -0.39 is 6.16 Å². The van der Waals surface area contributed by atoms with Crippen LogP contribution in [0.1, 0.15) is 70.9 Å². The van der Waals surface area contributed by atoms with Crippen molar-refractivity contribution in [2.45, 2.75) is 52.9 Å². The highest BCUT2D eigenvalue weighted by Gasteiger charge is 2.09. The molecule has 1 aliphatic rings. The number of ether oxygens (including phenoxy) is 5. The fourth-order valence-electron chi connectivity index (χ4n) is 3.87. The first-order valence-corrected chi connectivity index (χ1v) is 20.7. The molecule has 1 saturated heterocycles. The molecule has 1 fully saturated rings. The molecular weight excluding hydrogens is 954 g/mol. The molecule has 0 radical (unpaired) electrons. The average molecular weight is 1040 g/mol. The maximum Gasteiger partial charge on any atom is 0.508 e. The zero-order valence-corrected chi connectivity index (χ0v) is 37.3. The van der Waals surface area contributed by atoms with Crippen molar-refractivity contribution in [3.63, 3.8) is 0 Å². The lowest BCUT2D eigenvalue weighted by molar-refractivity contribution is 0.131. The minimum absolute atomic E-state index is 0. The van der Waals surface area contributed by atoms with Crippen molar-refractivity contribution < 1.29 is 62.2 Å². The number of cyclic esters (lactones) is 2. The summed E-state index contributed by atoms with van der Waals surface area (Å²) in [6.45, 7) is 8.16. The molecule has 57 heavy (non-hydrogen) atoms. The smallest absolute Gasteiger partial charge is 0.508 e. The Labute approximate surface area is 380 Å². The molecule has 0 bridgehead atoms. The Morgan fingerprint density at radius 3 is 1.65 bits per heavy atom. The highest BCUT2D eigenvalue weighted by molar-refractivity contribution is 14.1. The Balaban J connectivity index is -0.000000163. The summed E-state index contributed by atoms with van der Waals surface area (Å²) in [5.41, 5.74) is 2.12. The summed E-state index contributed by atoms with van der Waals surface area (Å²) in [7, 11) is 0. The van der Waals surface area contributed by atoms with Crippen molar-refractivity contribution in [1.29, 1.82) is 0 Å². The monoisotopic (exact) mass is 1040 g/mol. The molecular formula is C45H65I2O10-. The molecule has 1 heterocycles. The maximum absolute atomic E-state index is 9.80. The number of carbonyl (C=O) groups excluding carboxylic acids is 1. The van der Waals surface area contributed by atoms with E-state index in [0.717, 1.165) is 49.2 Å². The van der Waals surface area contributed by atoms with Crippen molar-refractivity contribution in [3.8, 4) is 47.2 Å². The van der Waals surface area contributed by atoms with Gasteiger partial charge in [-0.05, 0) is 106 Å². The maximum atomic E-state index is 9.80. The van der Waals surface area contributed by atoms with Gasteiger partial charge in [0.1, 0.15) is 56.0 Å². The van der Waals surface area contributed by atoms with Gasteiger partial charge >= 0.3 is 6.16 Å². The number of aryl methyl sites for hydroxylation is 1. The van der Waals surface area contributed by atoms with Crippen LogP contribution in [0.25, 0.3) is 0 Å². The number of benzene rings is 4. The van der Waals surface area contributed by atoms with Gasteiger partial charge in [-0.1, -0.05) is 93.6 Å². The van der Waals surface area contributed by atoms with Crippen LogP contribution in [0.4, 0.5) is 4.79 Å². The third-order valence-electron chi connectivity index (χ3n) is 6.52. The summed E-state index contributed by atoms with van der Waals surface area (Å²) in [4.78, 5) is 9.80. The van der Waals surface area contributed by atoms with E-state index in [9.17, 15) is 4.79 Å². The quantitative estimate of drug-likeness (QED) is 0.0615. The number of phenols is 1. The largest absolute Gasteiger partial charge is 1.00 e. The molecule has 4 aromatic carbocycles. The second-order valence-corrected chi connectivity index (χ2v) is 13.3. The molecule has 0 amide bonds. The molecule has 0 atom stereocenters. The van der Waals surface area contributed by atoms with Crippen LogP contribution in [0, 0.1) is 31.3 Å². The van der Waals surface area contributed by atoms with Gasteiger partial charge in [-0.2, -0.15) is 0 Å². The highest BCUT2D eigenvalue weighted by Crippen LogP contribution is 2.21. The molecule has 4 aromatic rings. The second-order valence-electron chi connectivity index (χ2n) is 11.0. The van der Waals surface area contributed by atoms with Crippen molar-refractivity contribution in [3.05, 3.63) is 115 Å². The first-order valence-electron chi connectivity index (χ1n) is 22.5. The zero-order chi connectivity index (χ0) is 50.4. The molecule has 4 N–H and O–H groups in total. The van der Waals surface area contributed by atoms with Gasteiger partial charge in [-0.25, -0.2) is 4.79 Å². The molecule has 1 aliphatic heterocycles. The molecule has 0 aliphatic carbocycles. The van der Waals surface area contributed by atoms with E-state index in [-0.39, 0.29) is 21.2 Å². The number of carbonyl (C=O) groups is 1. The summed E-state index contributed by atoms with van der Waals surface area (Å²) in [6.07, 6.45) is 9.33. The van der Waals surface area contributed by atoms with E-state index in [1.54, 1.807) is 12.1 Å². The van der Waals surface area contributed by atoms with Crippen LogP contribution >= 0.6 is 45.2 Å². The standard InChI is InChI=1S/C12H18O2.C12H14O2.C8H9IO2.C6H5IO.C4H6.C3H4O3.4H2.H/c2*1-2-3-6-11-7-4-5-8-12(11)14-10-9-13;9-7-3-1-2-4-8(7)11-6-5-10;7-5-3-1-2-4-6(5)8;1-3-4-2;4-3-5-1-2-6-3;;;;;/h4-5,7-8,13H,2-3,6,9-10H2,1H3;4-5,7-8,13H,2,9-10H2,1H3;1-4,10H,5-6H2;1-4,8H;1H,4H2,2H3;1-2H2;4*1H;/q;;;;;;;;;;-1/i;;;;;;4*1+2T;1+2. The van der Waals surface area contributed by atoms with Crippen LogP contribution in [0.3, 0.4) is 0 Å². The molecule has 0 saturated carbocycles. The van der Waals surface area contributed by atoms with Gasteiger partial charge in [0.15, 0.2) is 0 Å². The van der Waals surface area contributed by atoms with Crippen molar-refractivity contribution in [1.82, 2.24) is 0 Å². The van der Waals surface area contributed by atoms with Gasteiger partial charge in [-0.15, -0.1) is 12.3 Å². The molecule has 5 rings (SSSR count). The molecule has 0 spiro atoms. The van der Waals surface area contributed by atoms with Gasteiger partial charge < -0.3 is 45.5 Å². The van der Waals surface area contributed by atoms with Crippen LogP contribution in [-0.2, 0) is 15.9 Å². The lowest BCUT2D eigenvalue weighted by Crippen LogP contribution is -2.03. The number of halogens is 2. The summed E-state index contributed by atoms with van der Waals surface area (Å²) in [5, 5.41) is 34.7. The Morgan fingerprint density at radius 1 is 0.719 bits per heavy atom. The summed E-state index contributed by atoms with van der Waals surface area (Å²) in [6, 6.07) is 30.5. The van der Waals surface area contributed by atoms with Gasteiger partial charge in [-0.3, -0.25) is 0 Å². The fraction of sp³-hybridized carbons (Fsp3) is 0.356. The predicted molar refractivity (Wildman–Crippen MR) is 252 cm³/mol. The van der Waals surface area contributed by atoms with E-state index in [2.05, 4.69) is 85.4 Å². The number of hydrogen-bond donors (Lipinski definition) is 4. The molecule has 320 valence electrons. The minimum Gasteiger partial charge on any atom is -1.00 e. The van der Waals surface area contributed by atoms with Crippen LogP contribution in [0.5, 0.6) is 23.0 Å². The minimum atomic E-state index is -0.546. The Kier molecular flexibility index (Phi) is 29.9. The normalized spacial score (nSPS) is 10.8. The molecule has 0 aromatic heterocycles. The Bertz CT molecular complexity index is 1700. The van der Waals surface area contributed by atoms with E-state index in [0.29, 0.717) is 38.8 Å². The molecule has 0 unspecified atom stereocenters. The average Bonchev–Trinajstić information content (AvgIpc) is 3.86. The second kappa shape index (κ2) is 37.4. The van der Waals surface area contributed by atoms with Crippen molar-refractivity contribution in [2.75, 3.05) is 52.9 Å². The topological polar surface area (TPSA) is 144 Å². The number of phenolic OH excluding ortho intramolecular Hbond substituents is 1. The Hall–Kier alpha value is -4.19. The predicted octanol–water partition coefficient (Wildman–Crippen LogP) is 10.2.